The smallest absolute Gasteiger partial charge is 0.0578 e. The van der Waals surface area contributed by atoms with Crippen molar-refractivity contribution in [2.75, 3.05) is 0 Å². The van der Waals surface area contributed by atoms with E-state index in [2.05, 4.69) is 32.0 Å². The fraction of sp³-hybridized carbons (Fsp3) is 0.500. The molecular formula is C12H18O. The highest BCUT2D eigenvalue weighted by atomic mass is 16.3. The Bertz CT molecular complexity index is 278. The molecule has 0 heterocycles. The summed E-state index contributed by atoms with van der Waals surface area (Å²) >= 11 is 0. The van der Waals surface area contributed by atoms with E-state index in [9.17, 15) is 5.11 Å². The van der Waals surface area contributed by atoms with Crippen LogP contribution < -0.4 is 0 Å². The zero-order chi connectivity index (χ0) is 9.84. The van der Waals surface area contributed by atoms with E-state index in [1.54, 1.807) is 0 Å². The molecule has 1 atom stereocenters. The van der Waals surface area contributed by atoms with Gasteiger partial charge < -0.3 is 5.11 Å². The maximum atomic E-state index is 9.53. The van der Waals surface area contributed by atoms with Gasteiger partial charge in [0.05, 0.1) is 6.10 Å². The molecule has 1 nitrogen and oxygen atoms in total. The minimum atomic E-state index is -0.194. The fourth-order valence-electron chi connectivity index (χ4n) is 1.42. The first-order valence-electron chi connectivity index (χ1n) is 4.87. The molecule has 0 spiro atoms. The van der Waals surface area contributed by atoms with E-state index in [1.807, 2.05) is 6.92 Å². The lowest BCUT2D eigenvalue weighted by atomic mass is 9.99. The van der Waals surface area contributed by atoms with Crippen molar-refractivity contribution in [2.24, 2.45) is 0 Å². The van der Waals surface area contributed by atoms with E-state index in [4.69, 9.17) is 0 Å². The highest BCUT2D eigenvalue weighted by Crippen LogP contribution is 2.13. The molecule has 0 fully saturated rings. The minimum Gasteiger partial charge on any atom is -0.393 e. The molecular weight excluding hydrogens is 160 g/mol. The van der Waals surface area contributed by atoms with Gasteiger partial charge in [-0.3, -0.25) is 0 Å². The van der Waals surface area contributed by atoms with E-state index in [1.165, 1.54) is 16.7 Å². The van der Waals surface area contributed by atoms with Crippen molar-refractivity contribution >= 4 is 0 Å². The number of hydrogen-bond donors (Lipinski definition) is 1. The third-order valence-electron chi connectivity index (χ3n) is 2.43. The maximum Gasteiger partial charge on any atom is 0.0578 e. The molecule has 0 aliphatic rings. The first-order valence-corrected chi connectivity index (χ1v) is 4.87. The SMILES string of the molecule is CC[C@@H](O)Cc1cc(C)ccc1C. The predicted molar refractivity (Wildman–Crippen MR) is 55.9 cm³/mol. The van der Waals surface area contributed by atoms with E-state index >= 15 is 0 Å². The lowest BCUT2D eigenvalue weighted by Crippen LogP contribution is -2.09. The number of rotatable bonds is 3. The third kappa shape index (κ3) is 2.85. The molecule has 0 unspecified atom stereocenters. The molecule has 0 aromatic heterocycles. The van der Waals surface area contributed by atoms with Crippen LogP contribution in [0.4, 0.5) is 0 Å². The Kier molecular flexibility index (Phi) is 3.49. The zero-order valence-electron chi connectivity index (χ0n) is 8.67. The van der Waals surface area contributed by atoms with Crippen LogP contribution in [0.1, 0.15) is 30.0 Å². The summed E-state index contributed by atoms with van der Waals surface area (Å²) in [5.41, 5.74) is 3.82. The second kappa shape index (κ2) is 4.43. The van der Waals surface area contributed by atoms with Gasteiger partial charge in [-0.1, -0.05) is 30.7 Å². The van der Waals surface area contributed by atoms with Crippen molar-refractivity contribution in [3.05, 3.63) is 34.9 Å². The molecule has 0 amide bonds. The second-order valence-electron chi connectivity index (χ2n) is 3.70. The van der Waals surface area contributed by atoms with Crippen LogP contribution in [0.2, 0.25) is 0 Å². The molecule has 0 aliphatic carbocycles. The summed E-state index contributed by atoms with van der Waals surface area (Å²) in [4.78, 5) is 0. The Morgan fingerprint density at radius 2 is 2.00 bits per heavy atom. The molecule has 1 aromatic rings. The van der Waals surface area contributed by atoms with Gasteiger partial charge in [0.25, 0.3) is 0 Å². The molecule has 1 heteroatoms. The van der Waals surface area contributed by atoms with Crippen LogP contribution >= 0.6 is 0 Å². The van der Waals surface area contributed by atoms with Gasteiger partial charge in [0.15, 0.2) is 0 Å². The van der Waals surface area contributed by atoms with Crippen LogP contribution in [-0.4, -0.2) is 11.2 Å². The molecule has 0 aliphatic heterocycles. The van der Waals surface area contributed by atoms with Gasteiger partial charge in [-0.2, -0.15) is 0 Å². The minimum absolute atomic E-state index is 0.194. The summed E-state index contributed by atoms with van der Waals surface area (Å²) in [6, 6.07) is 6.39. The monoisotopic (exact) mass is 178 g/mol. The van der Waals surface area contributed by atoms with Gasteiger partial charge in [-0.25, -0.2) is 0 Å². The third-order valence-corrected chi connectivity index (χ3v) is 2.43. The zero-order valence-corrected chi connectivity index (χ0v) is 8.67. The molecule has 0 saturated heterocycles. The summed E-state index contributed by atoms with van der Waals surface area (Å²) in [7, 11) is 0. The van der Waals surface area contributed by atoms with Crippen LogP contribution in [0.5, 0.6) is 0 Å². The maximum absolute atomic E-state index is 9.53. The molecule has 13 heavy (non-hydrogen) atoms. The molecule has 1 aromatic carbocycles. The van der Waals surface area contributed by atoms with Crippen LogP contribution in [0.25, 0.3) is 0 Å². The van der Waals surface area contributed by atoms with Crippen molar-refractivity contribution < 1.29 is 5.11 Å². The summed E-state index contributed by atoms with van der Waals surface area (Å²) < 4.78 is 0. The van der Waals surface area contributed by atoms with Crippen LogP contribution in [0.15, 0.2) is 18.2 Å². The van der Waals surface area contributed by atoms with Crippen molar-refractivity contribution in [3.63, 3.8) is 0 Å². The molecule has 0 saturated carbocycles. The fourth-order valence-corrected chi connectivity index (χ4v) is 1.42. The summed E-state index contributed by atoms with van der Waals surface area (Å²) in [5.74, 6) is 0. The number of aryl methyl sites for hydroxylation is 2. The Hall–Kier alpha value is -0.820. The molecule has 1 N–H and O–H groups in total. The Labute approximate surface area is 80.4 Å². The van der Waals surface area contributed by atoms with E-state index < -0.39 is 0 Å². The predicted octanol–water partition coefficient (Wildman–Crippen LogP) is 2.62. The van der Waals surface area contributed by atoms with E-state index in [0.29, 0.717) is 0 Å². The largest absolute Gasteiger partial charge is 0.393 e. The summed E-state index contributed by atoms with van der Waals surface area (Å²) in [6.45, 7) is 6.19. The Morgan fingerprint density at radius 3 is 2.62 bits per heavy atom. The molecule has 0 radical (unpaired) electrons. The summed E-state index contributed by atoms with van der Waals surface area (Å²) in [6.07, 6.45) is 1.41. The quantitative estimate of drug-likeness (QED) is 0.754. The number of benzene rings is 1. The lowest BCUT2D eigenvalue weighted by molar-refractivity contribution is 0.170. The average molecular weight is 178 g/mol. The Balaban J connectivity index is 2.81. The van der Waals surface area contributed by atoms with E-state index in [0.717, 1.165) is 12.8 Å². The van der Waals surface area contributed by atoms with E-state index in [-0.39, 0.29) is 6.10 Å². The highest BCUT2D eigenvalue weighted by Gasteiger charge is 2.04. The van der Waals surface area contributed by atoms with Crippen molar-refractivity contribution in [2.45, 2.75) is 39.7 Å². The van der Waals surface area contributed by atoms with Crippen LogP contribution in [-0.2, 0) is 6.42 Å². The van der Waals surface area contributed by atoms with Crippen LogP contribution in [0, 0.1) is 13.8 Å². The van der Waals surface area contributed by atoms with Crippen molar-refractivity contribution in [3.8, 4) is 0 Å². The summed E-state index contributed by atoms with van der Waals surface area (Å²) in [5, 5.41) is 9.53. The molecule has 1 rings (SSSR count). The number of hydrogen-bond acceptors (Lipinski definition) is 1. The van der Waals surface area contributed by atoms with Gasteiger partial charge in [-0.05, 0) is 37.8 Å². The number of aliphatic hydroxyl groups is 1. The Morgan fingerprint density at radius 1 is 1.31 bits per heavy atom. The second-order valence-corrected chi connectivity index (χ2v) is 3.70. The van der Waals surface area contributed by atoms with Gasteiger partial charge in [0, 0.05) is 0 Å². The average Bonchev–Trinajstić information content (AvgIpc) is 2.11. The molecule has 0 bridgehead atoms. The number of aliphatic hydroxyl groups excluding tert-OH is 1. The lowest BCUT2D eigenvalue weighted by Gasteiger charge is -2.10. The standard InChI is InChI=1S/C12H18O/c1-4-12(13)8-11-7-9(2)5-6-10(11)3/h5-7,12-13H,4,8H2,1-3H3/t12-/m1/s1. The van der Waals surface area contributed by atoms with Gasteiger partial charge in [-0.15, -0.1) is 0 Å². The normalized spacial score (nSPS) is 12.9. The highest BCUT2D eigenvalue weighted by molar-refractivity contribution is 5.30. The topological polar surface area (TPSA) is 20.2 Å². The van der Waals surface area contributed by atoms with Crippen molar-refractivity contribution in [1.29, 1.82) is 0 Å². The molecule has 72 valence electrons. The van der Waals surface area contributed by atoms with Gasteiger partial charge in [0.2, 0.25) is 0 Å². The van der Waals surface area contributed by atoms with Crippen LogP contribution in [0.3, 0.4) is 0 Å². The van der Waals surface area contributed by atoms with Gasteiger partial charge >= 0.3 is 0 Å². The first kappa shape index (κ1) is 10.3. The van der Waals surface area contributed by atoms with Gasteiger partial charge in [0.1, 0.15) is 0 Å². The van der Waals surface area contributed by atoms with Crippen molar-refractivity contribution in [1.82, 2.24) is 0 Å². The first-order chi connectivity index (χ1) is 6.13.